The zero-order valence-electron chi connectivity index (χ0n) is 1.06. The Kier molecular flexibility index (Phi) is 220. The number of hydrogen-bond donors (Lipinski definition) is 0. The summed E-state index contributed by atoms with van der Waals surface area (Å²) in [6.07, 6.45) is 0. The van der Waals surface area contributed by atoms with Crippen LogP contribution in [-0.4, -0.2) is 36.2 Å². The Hall–Kier alpha value is 1.93. The van der Waals surface area contributed by atoms with Crippen LogP contribution in [0.4, 0.5) is 0 Å². The summed E-state index contributed by atoms with van der Waals surface area (Å²) in [5.41, 5.74) is 0. The second-order valence-electron chi connectivity index (χ2n) is 0. The molecule has 0 saturated carbocycles. The van der Waals surface area contributed by atoms with Crippen molar-refractivity contribution < 1.29 is 36.0 Å². The van der Waals surface area contributed by atoms with Gasteiger partial charge in [-0.05, 0) is 0 Å². The van der Waals surface area contributed by atoms with Crippen molar-refractivity contribution in [2.45, 2.75) is 0 Å². The van der Waals surface area contributed by atoms with Gasteiger partial charge >= 0.3 is 38.4 Å². The quantitative estimate of drug-likeness (QED) is 0.387. The van der Waals surface area contributed by atoms with Gasteiger partial charge in [0.05, 0.1) is 0 Å². The molecule has 0 amide bonds. The summed E-state index contributed by atoms with van der Waals surface area (Å²) in [6.45, 7) is 0. The molecule has 0 aliphatic heterocycles. The maximum absolute atomic E-state index is 7.94. The second kappa shape index (κ2) is 38.7. The molecule has 0 bridgehead atoms. The van der Waals surface area contributed by atoms with Gasteiger partial charge in [0.15, 0.2) is 17.4 Å². The first kappa shape index (κ1) is 28.4. The van der Waals surface area contributed by atoms with Crippen LogP contribution in [0.1, 0.15) is 0 Å². The molecule has 5 heavy (non-hydrogen) atoms. The van der Waals surface area contributed by atoms with Gasteiger partial charge < -0.3 is 0 Å². The van der Waals surface area contributed by atoms with Crippen LogP contribution in [0.2, 0.25) is 0 Å². The Morgan fingerprint density at radius 2 is 1.20 bits per heavy atom. The first-order chi connectivity index (χ1) is 1.00. The van der Waals surface area contributed by atoms with Crippen LogP contribution in [0.25, 0.3) is 0 Å². The zero-order valence-corrected chi connectivity index (χ0v) is 3.09. The molecule has 0 heterocycles. The van der Waals surface area contributed by atoms with E-state index in [2.05, 4.69) is 15.7 Å². The van der Waals surface area contributed by atoms with Gasteiger partial charge in [0.2, 0.25) is 0 Å². The molecule has 0 rings (SSSR count). The van der Waals surface area contributed by atoms with Gasteiger partial charge in [-0.2, -0.15) is 0 Å². The normalized spacial score (nSPS) is 1.00. The third-order valence-corrected chi connectivity index (χ3v) is 0. The Labute approximate surface area is 71.7 Å². The zero-order chi connectivity index (χ0) is 2.00. The van der Waals surface area contributed by atoms with E-state index in [1.54, 1.807) is 0 Å². The van der Waals surface area contributed by atoms with Crippen molar-refractivity contribution in [1.82, 2.24) is 0 Å². The molecule has 0 spiro atoms. The summed E-state index contributed by atoms with van der Waals surface area (Å²) in [5, 5.41) is 0. The maximum atomic E-state index is 7.94. The molecule has 0 unspecified atom stereocenters. The molecule has 5 heteroatoms. The Balaban J connectivity index is -0.00000000167. The van der Waals surface area contributed by atoms with Crippen molar-refractivity contribution in [1.29, 1.82) is 0 Å². The molecule has 0 saturated heterocycles. The Bertz CT molecular complexity index is 11.6. The minimum absolute atomic E-state index is 0. The van der Waals surface area contributed by atoms with Gasteiger partial charge in [0.1, 0.15) is 0 Å². The molecule has 33 valence electrons. The van der Waals surface area contributed by atoms with Crippen LogP contribution in [0, 0.1) is 0 Å². The third kappa shape index (κ3) is 24.6. The van der Waals surface area contributed by atoms with E-state index in [9.17, 15) is 0 Å². The third-order valence-electron chi connectivity index (χ3n) is 0. The summed E-state index contributed by atoms with van der Waals surface area (Å²) < 4.78 is 7.94. The minimum atomic E-state index is 0. The second-order valence-corrected chi connectivity index (χ2v) is 0. The van der Waals surface area contributed by atoms with Crippen molar-refractivity contribution in [3.05, 3.63) is 0 Å². The van der Waals surface area contributed by atoms with Crippen molar-refractivity contribution in [2.24, 2.45) is 0 Å². The summed E-state index contributed by atoms with van der Waals surface area (Å²) in [7, 11) is 0. The van der Waals surface area contributed by atoms with E-state index in [-0.39, 0.29) is 52.7 Å². The van der Waals surface area contributed by atoms with Gasteiger partial charge in [-0.1, -0.05) is 0 Å². The number of rotatable bonds is 0. The molecule has 0 aliphatic rings. The average Bonchev–Trinajstić information content (AvgIpc) is 1.00. The van der Waals surface area contributed by atoms with E-state index in [0.717, 1.165) is 0 Å². The van der Waals surface area contributed by atoms with Crippen LogP contribution >= 0.6 is 0 Å². The molecule has 0 aromatic carbocycles. The monoisotopic (exact) mass is 171 g/mol. The first-order valence-electron chi connectivity index (χ1n) is 0.136. The fraction of sp³-hybridized carbons (Fsp3) is 0. The SMILES string of the molecule is [AlH3].[LiH].[Ni].[O]=[Co]. The van der Waals surface area contributed by atoms with Crippen LogP contribution in [0.3, 0.4) is 0 Å². The van der Waals surface area contributed by atoms with E-state index in [0.29, 0.717) is 0 Å². The fourth-order valence-electron chi connectivity index (χ4n) is 0. The van der Waals surface area contributed by atoms with Crippen molar-refractivity contribution in [3.8, 4) is 0 Å². The van der Waals surface area contributed by atoms with Crippen LogP contribution in [0.5, 0.6) is 0 Å². The van der Waals surface area contributed by atoms with E-state index < -0.39 is 0 Å². The van der Waals surface area contributed by atoms with Crippen molar-refractivity contribution >= 4 is 36.2 Å². The Morgan fingerprint density at radius 1 is 1.20 bits per heavy atom. The van der Waals surface area contributed by atoms with Crippen LogP contribution in [0.15, 0.2) is 0 Å². The van der Waals surface area contributed by atoms with Gasteiger partial charge in [-0.25, -0.2) is 0 Å². The molecular weight excluding hydrogens is 168 g/mol. The molecule has 0 radical (unpaired) electrons. The standard InChI is InChI=1S/Al.Co.Li.Ni.O.4H. The molecule has 0 fully saturated rings. The van der Waals surface area contributed by atoms with Crippen molar-refractivity contribution in [2.75, 3.05) is 0 Å². The molecule has 0 aromatic rings. The van der Waals surface area contributed by atoms with Gasteiger partial charge in [0, 0.05) is 16.5 Å². The predicted octanol–water partition coefficient (Wildman–Crippen LogP) is -1.96. The summed E-state index contributed by atoms with van der Waals surface area (Å²) in [4.78, 5) is 0. The fourth-order valence-corrected chi connectivity index (χ4v) is 0. The average molecular weight is 172 g/mol. The summed E-state index contributed by atoms with van der Waals surface area (Å²) in [5.74, 6) is 0. The molecule has 1 nitrogen and oxygen atoms in total. The van der Waals surface area contributed by atoms with Crippen LogP contribution < -0.4 is 0 Å². The van der Waals surface area contributed by atoms with E-state index in [1.165, 1.54) is 0 Å². The van der Waals surface area contributed by atoms with E-state index in [4.69, 9.17) is 3.87 Å². The summed E-state index contributed by atoms with van der Waals surface area (Å²) >= 11 is 2.31. The van der Waals surface area contributed by atoms with E-state index in [1.807, 2.05) is 0 Å². The molecule has 0 atom stereocenters. The van der Waals surface area contributed by atoms with E-state index >= 15 is 0 Å². The van der Waals surface area contributed by atoms with Crippen LogP contribution in [-0.2, 0) is 36.0 Å². The molecule has 0 aromatic heterocycles. The van der Waals surface area contributed by atoms with Gasteiger partial charge in [-0.15, -0.1) is 0 Å². The van der Waals surface area contributed by atoms with Gasteiger partial charge in [0.25, 0.3) is 0 Å². The first-order valence-corrected chi connectivity index (χ1v) is 0.561. The Morgan fingerprint density at radius 3 is 1.20 bits per heavy atom. The summed E-state index contributed by atoms with van der Waals surface area (Å²) in [6, 6.07) is 0. The predicted molar refractivity (Wildman–Crippen MR) is 17.8 cm³/mol. The topological polar surface area (TPSA) is 17.1 Å². The number of hydrogen-bond acceptors (Lipinski definition) is 1. The van der Waals surface area contributed by atoms with Crippen molar-refractivity contribution in [3.63, 3.8) is 0 Å². The molecule has 0 N–H and O–H groups in total. The molecule has 0 aliphatic carbocycles. The molecular formula is H4AlCoLiNiO. The van der Waals surface area contributed by atoms with Gasteiger partial charge in [-0.3, -0.25) is 0 Å².